The van der Waals surface area contributed by atoms with E-state index in [2.05, 4.69) is 38.1 Å². The second kappa shape index (κ2) is 23.6. The van der Waals surface area contributed by atoms with E-state index in [1.165, 1.54) is 11.1 Å². The third-order valence-electron chi connectivity index (χ3n) is 1.43. The Morgan fingerprint density at radius 1 is 0.600 bits per heavy atom. The molecule has 0 heterocycles. The molecular formula is C16H26O8Si. The summed E-state index contributed by atoms with van der Waals surface area (Å²) in [6, 6.07) is 8.36. The monoisotopic (exact) mass is 374 g/mol. The summed E-state index contributed by atoms with van der Waals surface area (Å²) in [5.74, 6) is -3.33. The van der Waals surface area contributed by atoms with Crippen LogP contribution in [0.2, 0.25) is 0 Å². The standard InChI is InChI=1S/C8H10.4C2H4O2.Si/c1-7-5-3-4-6-8(7)2;4*1-2(3)4;/h3-6H,1-2H3;4*1H3,(H,3,4);. The second-order valence-corrected chi connectivity index (χ2v) is 4.16. The largest absolute Gasteiger partial charge is 0.481 e. The topological polar surface area (TPSA) is 149 Å². The fourth-order valence-electron chi connectivity index (χ4n) is 0.663. The van der Waals surface area contributed by atoms with Crippen LogP contribution in [0.25, 0.3) is 0 Å². The Hall–Kier alpha value is -2.68. The Bertz CT molecular complexity index is 416. The van der Waals surface area contributed by atoms with Gasteiger partial charge in [-0.1, -0.05) is 24.3 Å². The summed E-state index contributed by atoms with van der Waals surface area (Å²) in [5.41, 5.74) is 2.74. The van der Waals surface area contributed by atoms with Gasteiger partial charge in [-0.25, -0.2) is 0 Å². The SMILES string of the molecule is CC(=O)O.CC(=O)O.CC(=O)O.CC(=O)O.Cc1ccccc1C.[Si]. The van der Waals surface area contributed by atoms with Crippen molar-refractivity contribution in [3.8, 4) is 0 Å². The zero-order valence-electron chi connectivity index (χ0n) is 15.2. The molecule has 0 unspecified atom stereocenters. The first-order valence-electron chi connectivity index (χ1n) is 6.54. The Morgan fingerprint density at radius 3 is 0.800 bits per heavy atom. The van der Waals surface area contributed by atoms with Crippen LogP contribution in [0.5, 0.6) is 0 Å². The lowest BCUT2D eigenvalue weighted by Gasteiger charge is -1.93. The van der Waals surface area contributed by atoms with Gasteiger partial charge in [0.05, 0.1) is 0 Å². The van der Waals surface area contributed by atoms with E-state index in [0.717, 1.165) is 27.7 Å². The van der Waals surface area contributed by atoms with Gasteiger partial charge in [-0.2, -0.15) is 0 Å². The number of aryl methyl sites for hydroxylation is 2. The first kappa shape index (κ1) is 33.8. The van der Waals surface area contributed by atoms with E-state index in [9.17, 15) is 0 Å². The van der Waals surface area contributed by atoms with Gasteiger partial charge in [0.2, 0.25) is 0 Å². The Morgan fingerprint density at radius 2 is 0.720 bits per heavy atom. The molecule has 0 aliphatic heterocycles. The molecule has 0 saturated heterocycles. The molecule has 0 aromatic heterocycles. The van der Waals surface area contributed by atoms with Crippen molar-refractivity contribution in [3.63, 3.8) is 0 Å². The van der Waals surface area contributed by atoms with Gasteiger partial charge in [-0.15, -0.1) is 0 Å². The Labute approximate surface area is 152 Å². The van der Waals surface area contributed by atoms with E-state index in [-0.39, 0.29) is 11.0 Å². The van der Waals surface area contributed by atoms with Crippen LogP contribution in [0.15, 0.2) is 24.3 Å². The molecule has 0 aliphatic carbocycles. The molecule has 1 aromatic rings. The smallest absolute Gasteiger partial charge is 0.300 e. The van der Waals surface area contributed by atoms with Crippen molar-refractivity contribution >= 4 is 34.8 Å². The predicted octanol–water partition coefficient (Wildman–Crippen LogP) is 2.29. The number of carboxylic acid groups (broad SMARTS) is 4. The average Bonchev–Trinajstić information content (AvgIpc) is 2.30. The second-order valence-electron chi connectivity index (χ2n) is 4.16. The summed E-state index contributed by atoms with van der Waals surface area (Å²) in [5, 5.41) is 29.7. The van der Waals surface area contributed by atoms with Crippen molar-refractivity contribution in [1.82, 2.24) is 0 Å². The highest BCUT2D eigenvalue weighted by Gasteiger charge is 1.83. The minimum absolute atomic E-state index is 0. The lowest BCUT2D eigenvalue weighted by atomic mass is 10.1. The molecule has 0 amide bonds. The van der Waals surface area contributed by atoms with Gasteiger partial charge in [0, 0.05) is 38.7 Å². The van der Waals surface area contributed by atoms with Crippen molar-refractivity contribution in [2.75, 3.05) is 0 Å². The molecule has 0 spiro atoms. The van der Waals surface area contributed by atoms with Crippen LogP contribution < -0.4 is 0 Å². The zero-order chi connectivity index (χ0) is 20.3. The number of hydrogen-bond donors (Lipinski definition) is 4. The summed E-state index contributed by atoms with van der Waals surface area (Å²) in [6.45, 7) is 8.57. The molecule has 0 bridgehead atoms. The van der Waals surface area contributed by atoms with Crippen LogP contribution in [-0.4, -0.2) is 55.3 Å². The van der Waals surface area contributed by atoms with Crippen molar-refractivity contribution in [3.05, 3.63) is 35.4 Å². The normalized spacial score (nSPS) is 6.96. The molecule has 0 saturated carbocycles. The van der Waals surface area contributed by atoms with Gasteiger partial charge < -0.3 is 20.4 Å². The molecule has 4 N–H and O–H groups in total. The van der Waals surface area contributed by atoms with Crippen LogP contribution in [0.3, 0.4) is 0 Å². The van der Waals surface area contributed by atoms with E-state index in [1.807, 2.05) is 0 Å². The predicted molar refractivity (Wildman–Crippen MR) is 94.9 cm³/mol. The molecular weight excluding hydrogens is 348 g/mol. The fraction of sp³-hybridized carbons (Fsp3) is 0.375. The molecule has 142 valence electrons. The van der Waals surface area contributed by atoms with Gasteiger partial charge >= 0.3 is 0 Å². The number of aliphatic carboxylic acids is 4. The molecule has 8 nitrogen and oxygen atoms in total. The number of carbonyl (C=O) groups is 4. The van der Waals surface area contributed by atoms with Crippen molar-refractivity contribution in [2.24, 2.45) is 0 Å². The maximum Gasteiger partial charge on any atom is 0.300 e. The minimum atomic E-state index is -0.833. The van der Waals surface area contributed by atoms with E-state index in [1.54, 1.807) is 0 Å². The van der Waals surface area contributed by atoms with E-state index in [4.69, 9.17) is 39.6 Å². The van der Waals surface area contributed by atoms with Gasteiger partial charge in [-0.3, -0.25) is 19.2 Å². The first-order chi connectivity index (χ1) is 10.7. The summed E-state index contributed by atoms with van der Waals surface area (Å²) in [4.78, 5) is 36.0. The number of rotatable bonds is 0. The van der Waals surface area contributed by atoms with E-state index >= 15 is 0 Å². The maximum atomic E-state index is 9.00. The van der Waals surface area contributed by atoms with Crippen LogP contribution >= 0.6 is 0 Å². The third-order valence-corrected chi connectivity index (χ3v) is 1.43. The number of hydrogen-bond acceptors (Lipinski definition) is 4. The summed E-state index contributed by atoms with van der Waals surface area (Å²) >= 11 is 0. The highest BCUT2D eigenvalue weighted by Crippen LogP contribution is 2.02. The minimum Gasteiger partial charge on any atom is -0.481 e. The van der Waals surface area contributed by atoms with Gasteiger partial charge in [0.1, 0.15) is 0 Å². The van der Waals surface area contributed by atoms with Crippen LogP contribution in [0, 0.1) is 13.8 Å². The maximum absolute atomic E-state index is 9.00. The van der Waals surface area contributed by atoms with E-state index in [0.29, 0.717) is 0 Å². The zero-order valence-corrected chi connectivity index (χ0v) is 16.2. The van der Waals surface area contributed by atoms with Crippen LogP contribution in [0.1, 0.15) is 38.8 Å². The van der Waals surface area contributed by atoms with Crippen molar-refractivity contribution in [1.29, 1.82) is 0 Å². The average molecular weight is 374 g/mol. The Kier molecular flexibility index (Phi) is 31.9. The molecule has 1 rings (SSSR count). The summed E-state index contributed by atoms with van der Waals surface area (Å²) in [7, 11) is 0. The van der Waals surface area contributed by atoms with Crippen LogP contribution in [0.4, 0.5) is 0 Å². The third kappa shape index (κ3) is 115. The molecule has 0 aliphatic rings. The van der Waals surface area contributed by atoms with Crippen LogP contribution in [-0.2, 0) is 19.2 Å². The van der Waals surface area contributed by atoms with Crippen molar-refractivity contribution in [2.45, 2.75) is 41.5 Å². The molecule has 25 heavy (non-hydrogen) atoms. The van der Waals surface area contributed by atoms with Gasteiger partial charge in [-0.05, 0) is 25.0 Å². The molecule has 1 aromatic carbocycles. The van der Waals surface area contributed by atoms with E-state index < -0.39 is 23.9 Å². The summed E-state index contributed by atoms with van der Waals surface area (Å²) in [6.07, 6.45) is 0. The number of carboxylic acids is 4. The highest BCUT2D eigenvalue weighted by atomic mass is 28.1. The summed E-state index contributed by atoms with van der Waals surface area (Å²) < 4.78 is 0. The molecule has 0 fully saturated rings. The molecule has 4 radical (unpaired) electrons. The first-order valence-corrected chi connectivity index (χ1v) is 6.54. The molecule has 9 heteroatoms. The van der Waals surface area contributed by atoms with Crippen molar-refractivity contribution < 1.29 is 39.6 Å². The van der Waals surface area contributed by atoms with Gasteiger partial charge in [0.15, 0.2) is 0 Å². The quantitative estimate of drug-likeness (QED) is 0.505. The lowest BCUT2D eigenvalue weighted by Crippen LogP contribution is -1.78. The Balaban J connectivity index is -0.0000000695. The molecule has 0 atom stereocenters. The number of benzene rings is 1. The lowest BCUT2D eigenvalue weighted by molar-refractivity contribution is -0.135. The van der Waals surface area contributed by atoms with Gasteiger partial charge in [0.25, 0.3) is 23.9 Å². The highest BCUT2D eigenvalue weighted by molar-refractivity contribution is 5.75. The fourth-order valence-corrected chi connectivity index (χ4v) is 0.663.